The lowest BCUT2D eigenvalue weighted by atomic mass is 10.1. The van der Waals surface area contributed by atoms with Crippen LogP contribution >= 0.6 is 0 Å². The van der Waals surface area contributed by atoms with Crippen LogP contribution in [0, 0.1) is 0 Å². The van der Waals surface area contributed by atoms with E-state index in [9.17, 15) is 4.79 Å². The summed E-state index contributed by atoms with van der Waals surface area (Å²) in [6.07, 6.45) is 7.08. The average molecular weight is 404 g/mol. The Hall–Kier alpha value is -3.14. The number of hydrogen-bond acceptors (Lipinski definition) is 4. The smallest absolute Gasteiger partial charge is 0.343 e. The van der Waals surface area contributed by atoms with Crippen LogP contribution < -0.4 is 9.47 Å². The number of aromatic nitrogens is 1. The molecule has 0 radical (unpaired) electrons. The number of hydrogen-bond donors (Lipinski definition) is 0. The lowest BCUT2D eigenvalue weighted by Crippen LogP contribution is -2.08. The first-order chi connectivity index (χ1) is 14.7. The molecular weight excluding hydrogens is 374 g/mol. The van der Waals surface area contributed by atoms with E-state index in [1.54, 1.807) is 12.3 Å². The molecule has 0 amide bonds. The van der Waals surface area contributed by atoms with Gasteiger partial charge >= 0.3 is 5.97 Å². The number of pyridine rings is 1. The molecule has 1 heterocycles. The van der Waals surface area contributed by atoms with Crippen LogP contribution in [-0.4, -0.2) is 17.6 Å². The van der Waals surface area contributed by atoms with Crippen molar-refractivity contribution in [2.45, 2.75) is 46.0 Å². The van der Waals surface area contributed by atoms with Crippen LogP contribution in [0.4, 0.5) is 0 Å². The number of carbonyl (C=O) groups excluding carboxylic acids is 1. The van der Waals surface area contributed by atoms with Gasteiger partial charge in [0.15, 0.2) is 0 Å². The van der Waals surface area contributed by atoms with Crippen molar-refractivity contribution < 1.29 is 14.3 Å². The van der Waals surface area contributed by atoms with Crippen molar-refractivity contribution >= 4 is 5.97 Å². The predicted molar refractivity (Wildman–Crippen MR) is 120 cm³/mol. The van der Waals surface area contributed by atoms with E-state index in [4.69, 9.17) is 9.47 Å². The molecule has 0 atom stereocenters. The zero-order valence-electron chi connectivity index (χ0n) is 17.8. The van der Waals surface area contributed by atoms with E-state index in [0.29, 0.717) is 11.3 Å². The number of nitrogens with zero attached hydrogens (tertiary/aromatic N) is 1. The zero-order chi connectivity index (χ0) is 21.2. The van der Waals surface area contributed by atoms with Crippen LogP contribution in [-0.2, 0) is 6.42 Å². The van der Waals surface area contributed by atoms with Crippen LogP contribution in [0.25, 0.3) is 11.3 Å². The molecular formula is C26H29NO3. The van der Waals surface area contributed by atoms with E-state index in [0.717, 1.165) is 55.7 Å². The first-order valence-electron chi connectivity index (χ1n) is 10.7. The van der Waals surface area contributed by atoms with E-state index >= 15 is 0 Å². The van der Waals surface area contributed by atoms with Gasteiger partial charge in [0.2, 0.25) is 0 Å². The Kier molecular flexibility index (Phi) is 8.02. The number of aryl methyl sites for hydroxylation is 1. The minimum absolute atomic E-state index is 0.375. The fraction of sp³-hybridized carbons (Fsp3) is 0.308. The Morgan fingerprint density at radius 2 is 1.53 bits per heavy atom. The van der Waals surface area contributed by atoms with Crippen LogP contribution in [0.2, 0.25) is 0 Å². The number of carbonyl (C=O) groups is 1. The fourth-order valence-electron chi connectivity index (χ4n) is 3.02. The first-order valence-corrected chi connectivity index (χ1v) is 10.7. The molecule has 0 N–H and O–H groups in total. The van der Waals surface area contributed by atoms with Gasteiger partial charge in [-0.25, -0.2) is 4.79 Å². The van der Waals surface area contributed by atoms with Crippen LogP contribution in [0.3, 0.4) is 0 Å². The fourth-order valence-corrected chi connectivity index (χ4v) is 3.02. The molecule has 0 saturated carbocycles. The van der Waals surface area contributed by atoms with Gasteiger partial charge in [-0.1, -0.05) is 38.8 Å². The van der Waals surface area contributed by atoms with E-state index in [1.165, 1.54) is 5.56 Å². The molecule has 0 bridgehead atoms. The van der Waals surface area contributed by atoms with Gasteiger partial charge in [0.05, 0.1) is 24.1 Å². The third-order valence-corrected chi connectivity index (χ3v) is 4.87. The maximum absolute atomic E-state index is 12.4. The standard InChI is InChI=1S/C26H29NO3/c1-3-5-7-20-8-10-22(11-9-20)26(28)30-24-16-17-25(27-19-24)21-12-14-23(15-13-21)29-18-6-4-2/h8-17,19H,3-7,18H2,1-2H3. The highest BCUT2D eigenvalue weighted by Gasteiger charge is 2.09. The lowest BCUT2D eigenvalue weighted by Gasteiger charge is -2.08. The summed E-state index contributed by atoms with van der Waals surface area (Å²) in [5.41, 5.74) is 3.58. The third kappa shape index (κ3) is 6.18. The molecule has 4 nitrogen and oxygen atoms in total. The summed E-state index contributed by atoms with van der Waals surface area (Å²) in [5, 5.41) is 0. The highest BCUT2D eigenvalue weighted by atomic mass is 16.5. The maximum atomic E-state index is 12.4. The van der Waals surface area contributed by atoms with Crippen molar-refractivity contribution in [2.24, 2.45) is 0 Å². The molecule has 0 aliphatic carbocycles. The molecule has 3 rings (SSSR count). The van der Waals surface area contributed by atoms with Gasteiger partial charge in [-0.15, -0.1) is 0 Å². The topological polar surface area (TPSA) is 48.4 Å². The summed E-state index contributed by atoms with van der Waals surface area (Å²) in [4.78, 5) is 16.8. The minimum Gasteiger partial charge on any atom is -0.494 e. The van der Waals surface area contributed by atoms with Crippen LogP contribution in [0.5, 0.6) is 11.5 Å². The molecule has 1 aromatic heterocycles. The molecule has 0 aliphatic rings. The Morgan fingerprint density at radius 1 is 0.833 bits per heavy atom. The van der Waals surface area contributed by atoms with Crippen molar-refractivity contribution in [3.8, 4) is 22.8 Å². The number of rotatable bonds is 10. The van der Waals surface area contributed by atoms with Crippen LogP contribution in [0.1, 0.15) is 55.5 Å². The van der Waals surface area contributed by atoms with E-state index in [2.05, 4.69) is 18.8 Å². The molecule has 156 valence electrons. The molecule has 0 saturated heterocycles. The van der Waals surface area contributed by atoms with Gasteiger partial charge in [-0.2, -0.15) is 0 Å². The maximum Gasteiger partial charge on any atom is 0.343 e. The summed E-state index contributed by atoms with van der Waals surface area (Å²) in [6, 6.07) is 19.1. The lowest BCUT2D eigenvalue weighted by molar-refractivity contribution is 0.0734. The second-order valence-electron chi connectivity index (χ2n) is 7.30. The number of ether oxygens (including phenoxy) is 2. The monoisotopic (exact) mass is 403 g/mol. The van der Waals surface area contributed by atoms with Crippen molar-refractivity contribution in [3.05, 3.63) is 78.0 Å². The van der Waals surface area contributed by atoms with Crippen molar-refractivity contribution in [1.82, 2.24) is 4.98 Å². The van der Waals surface area contributed by atoms with Gasteiger partial charge in [0.1, 0.15) is 11.5 Å². The predicted octanol–water partition coefficient (Wildman–Crippen LogP) is 6.49. The molecule has 3 aromatic rings. The molecule has 0 spiro atoms. The van der Waals surface area contributed by atoms with E-state index in [1.807, 2.05) is 54.6 Å². The third-order valence-electron chi connectivity index (χ3n) is 4.87. The summed E-state index contributed by atoms with van der Waals surface area (Å²) >= 11 is 0. The Labute approximate surface area is 178 Å². The van der Waals surface area contributed by atoms with Gasteiger partial charge < -0.3 is 9.47 Å². The number of unbranched alkanes of at least 4 members (excludes halogenated alkanes) is 2. The Balaban J connectivity index is 1.58. The Morgan fingerprint density at radius 3 is 2.17 bits per heavy atom. The van der Waals surface area contributed by atoms with Gasteiger partial charge in [-0.05, 0) is 73.4 Å². The number of esters is 1. The van der Waals surface area contributed by atoms with Crippen molar-refractivity contribution in [2.75, 3.05) is 6.61 Å². The molecule has 0 fully saturated rings. The molecule has 0 aliphatic heterocycles. The van der Waals surface area contributed by atoms with E-state index < -0.39 is 0 Å². The highest BCUT2D eigenvalue weighted by Crippen LogP contribution is 2.23. The van der Waals surface area contributed by atoms with Gasteiger partial charge in [-0.3, -0.25) is 4.98 Å². The second-order valence-corrected chi connectivity index (χ2v) is 7.30. The van der Waals surface area contributed by atoms with Crippen LogP contribution in [0.15, 0.2) is 66.9 Å². The summed E-state index contributed by atoms with van der Waals surface area (Å²) in [6.45, 7) is 5.04. The molecule has 0 unspecified atom stereocenters. The summed E-state index contributed by atoms with van der Waals surface area (Å²) in [7, 11) is 0. The quantitative estimate of drug-likeness (QED) is 0.287. The molecule has 4 heteroatoms. The van der Waals surface area contributed by atoms with Crippen molar-refractivity contribution in [3.63, 3.8) is 0 Å². The average Bonchev–Trinajstić information content (AvgIpc) is 2.79. The minimum atomic E-state index is -0.375. The largest absolute Gasteiger partial charge is 0.494 e. The summed E-state index contributed by atoms with van der Waals surface area (Å²) in [5.74, 6) is 0.914. The number of benzene rings is 2. The van der Waals surface area contributed by atoms with Gasteiger partial charge in [0.25, 0.3) is 0 Å². The zero-order valence-corrected chi connectivity index (χ0v) is 17.8. The summed E-state index contributed by atoms with van der Waals surface area (Å²) < 4.78 is 11.2. The van der Waals surface area contributed by atoms with Crippen molar-refractivity contribution in [1.29, 1.82) is 0 Å². The second kappa shape index (κ2) is 11.1. The molecule has 2 aromatic carbocycles. The Bertz CT molecular complexity index is 916. The SMILES string of the molecule is CCCCOc1ccc(-c2ccc(OC(=O)c3ccc(CCCC)cc3)cn2)cc1. The molecule has 30 heavy (non-hydrogen) atoms. The van der Waals surface area contributed by atoms with Gasteiger partial charge in [0, 0.05) is 5.56 Å². The first kappa shape index (κ1) is 21.6. The highest BCUT2D eigenvalue weighted by molar-refractivity contribution is 5.91. The van der Waals surface area contributed by atoms with E-state index in [-0.39, 0.29) is 5.97 Å². The normalized spacial score (nSPS) is 10.6.